The molecule has 4 heteroatoms. The molecule has 106 valence electrons. The van der Waals surface area contributed by atoms with Crippen LogP contribution in [0.5, 0.6) is 0 Å². The normalized spacial score (nSPS) is 29.2. The number of benzene rings is 1. The van der Waals surface area contributed by atoms with E-state index in [9.17, 15) is 4.79 Å². The van der Waals surface area contributed by atoms with Gasteiger partial charge in [-0.25, -0.2) is 4.79 Å². The number of urea groups is 1. The number of carbonyl (C=O) groups excluding carboxylic acids is 1. The maximum Gasteiger partial charge on any atom is 0.346 e. The van der Waals surface area contributed by atoms with Crippen molar-refractivity contribution in [3.05, 3.63) is 35.9 Å². The fraction of sp³-hybridized carbons (Fsp3) is 0.500. The Morgan fingerprint density at radius 3 is 2.85 bits per heavy atom. The van der Waals surface area contributed by atoms with Crippen LogP contribution in [0.15, 0.2) is 35.3 Å². The Labute approximate surface area is 119 Å². The third-order valence-electron chi connectivity index (χ3n) is 4.83. The van der Waals surface area contributed by atoms with Gasteiger partial charge in [-0.1, -0.05) is 50.1 Å². The first kappa shape index (κ1) is 13.2. The third-order valence-corrected chi connectivity index (χ3v) is 4.83. The summed E-state index contributed by atoms with van der Waals surface area (Å²) < 4.78 is 0. The van der Waals surface area contributed by atoms with Gasteiger partial charge in [0.25, 0.3) is 0 Å². The quantitative estimate of drug-likeness (QED) is 0.919. The molecular formula is C16H21N3O. The van der Waals surface area contributed by atoms with Crippen LogP contribution in [0.3, 0.4) is 0 Å². The number of aliphatic imine (C=N–C) groups is 1. The second kappa shape index (κ2) is 4.93. The molecule has 0 aromatic heterocycles. The van der Waals surface area contributed by atoms with E-state index in [-0.39, 0.29) is 11.6 Å². The number of nitrogens with zero attached hydrogens (tertiary/aromatic N) is 2. The predicted molar refractivity (Wildman–Crippen MR) is 79.4 cm³/mol. The molecule has 20 heavy (non-hydrogen) atoms. The minimum Gasteiger partial charge on any atom is -0.385 e. The van der Waals surface area contributed by atoms with Crippen molar-refractivity contribution in [1.29, 1.82) is 0 Å². The van der Waals surface area contributed by atoms with Crippen molar-refractivity contribution in [3.8, 4) is 0 Å². The van der Waals surface area contributed by atoms with Crippen molar-refractivity contribution in [2.24, 2.45) is 16.6 Å². The molecule has 2 N–H and O–H groups in total. The van der Waals surface area contributed by atoms with Gasteiger partial charge in [-0.2, -0.15) is 4.99 Å². The number of carbonyl (C=O) groups is 1. The highest BCUT2D eigenvalue weighted by molar-refractivity contribution is 6.06. The Balaban J connectivity index is 1.94. The molecule has 3 rings (SSSR count). The summed E-state index contributed by atoms with van der Waals surface area (Å²) in [6, 6.07) is 9.90. The zero-order valence-electron chi connectivity index (χ0n) is 11.9. The Kier molecular flexibility index (Phi) is 3.24. The number of amidine groups is 1. The highest BCUT2D eigenvalue weighted by atomic mass is 16.2. The van der Waals surface area contributed by atoms with Gasteiger partial charge in [-0.05, 0) is 24.3 Å². The maximum atomic E-state index is 12.3. The summed E-state index contributed by atoms with van der Waals surface area (Å²) in [4.78, 5) is 18.3. The molecule has 2 unspecified atom stereocenters. The molecule has 1 heterocycles. The smallest absolute Gasteiger partial charge is 0.346 e. The van der Waals surface area contributed by atoms with Crippen LogP contribution in [0, 0.1) is 5.92 Å². The highest BCUT2D eigenvalue weighted by Crippen LogP contribution is 2.45. The lowest BCUT2D eigenvalue weighted by molar-refractivity contribution is 0.138. The van der Waals surface area contributed by atoms with Crippen LogP contribution >= 0.6 is 0 Å². The van der Waals surface area contributed by atoms with Gasteiger partial charge in [0.1, 0.15) is 11.4 Å². The van der Waals surface area contributed by atoms with Crippen LogP contribution in [0.2, 0.25) is 0 Å². The number of nitrogens with two attached hydrogens (primary N) is 1. The number of hydrogen-bond acceptors (Lipinski definition) is 2. The summed E-state index contributed by atoms with van der Waals surface area (Å²) in [5, 5.41) is 0. The molecule has 0 saturated heterocycles. The first-order chi connectivity index (χ1) is 9.68. The lowest BCUT2D eigenvalue weighted by Gasteiger charge is -2.39. The van der Waals surface area contributed by atoms with E-state index in [0.717, 1.165) is 31.2 Å². The van der Waals surface area contributed by atoms with Gasteiger partial charge in [0.2, 0.25) is 0 Å². The summed E-state index contributed by atoms with van der Waals surface area (Å²) in [6.45, 7) is 2.77. The van der Waals surface area contributed by atoms with Crippen molar-refractivity contribution in [3.63, 3.8) is 0 Å². The van der Waals surface area contributed by atoms with E-state index in [0.29, 0.717) is 18.3 Å². The molecule has 4 nitrogen and oxygen atoms in total. The molecule has 1 aliphatic carbocycles. The second-order valence-corrected chi connectivity index (χ2v) is 5.77. The standard InChI is InChI=1S/C16H21N3O/c1-2-13-9-6-10-16(13)14(17)18-15(20)19(16)11-12-7-4-3-5-8-12/h3-5,7-8,13H,2,6,9-11H2,1H3,(H2,17,18,20). The van der Waals surface area contributed by atoms with Crippen molar-refractivity contribution in [2.45, 2.75) is 44.7 Å². The Morgan fingerprint density at radius 1 is 1.40 bits per heavy atom. The van der Waals surface area contributed by atoms with Gasteiger partial charge in [-0.3, -0.25) is 0 Å². The van der Waals surface area contributed by atoms with Gasteiger partial charge < -0.3 is 10.6 Å². The van der Waals surface area contributed by atoms with E-state index < -0.39 is 0 Å². The second-order valence-electron chi connectivity index (χ2n) is 5.77. The average Bonchev–Trinajstić information content (AvgIpc) is 2.98. The van der Waals surface area contributed by atoms with Crippen LogP contribution in [-0.2, 0) is 6.54 Å². The zero-order chi connectivity index (χ0) is 14.2. The maximum absolute atomic E-state index is 12.3. The summed E-state index contributed by atoms with van der Waals surface area (Å²) in [7, 11) is 0. The molecule has 1 spiro atoms. The first-order valence-corrected chi connectivity index (χ1v) is 7.38. The Morgan fingerprint density at radius 2 is 2.15 bits per heavy atom. The van der Waals surface area contributed by atoms with Gasteiger partial charge in [0.05, 0.1) is 0 Å². The SMILES string of the molecule is CCC1CCCC12C(N)=NC(=O)N2Cc1ccccc1. The van der Waals surface area contributed by atoms with E-state index >= 15 is 0 Å². The minimum absolute atomic E-state index is 0.174. The van der Waals surface area contributed by atoms with Crippen LogP contribution < -0.4 is 5.73 Å². The van der Waals surface area contributed by atoms with E-state index in [1.165, 1.54) is 0 Å². The molecule has 2 aliphatic rings. The molecule has 2 atom stereocenters. The summed E-state index contributed by atoms with van der Waals surface area (Å²) in [6.07, 6.45) is 4.23. The van der Waals surface area contributed by atoms with Crippen LogP contribution in [0.1, 0.15) is 38.2 Å². The molecule has 1 saturated carbocycles. The summed E-state index contributed by atoms with van der Waals surface area (Å²) in [5.41, 5.74) is 6.96. The molecule has 1 aromatic carbocycles. The molecule has 0 bridgehead atoms. The largest absolute Gasteiger partial charge is 0.385 e. The van der Waals surface area contributed by atoms with Crippen molar-refractivity contribution >= 4 is 11.9 Å². The van der Waals surface area contributed by atoms with Crippen LogP contribution in [0.25, 0.3) is 0 Å². The average molecular weight is 271 g/mol. The van der Waals surface area contributed by atoms with Gasteiger partial charge >= 0.3 is 6.03 Å². The summed E-state index contributed by atoms with van der Waals surface area (Å²) >= 11 is 0. The monoisotopic (exact) mass is 271 g/mol. The number of hydrogen-bond donors (Lipinski definition) is 1. The van der Waals surface area contributed by atoms with Crippen molar-refractivity contribution in [2.75, 3.05) is 0 Å². The van der Waals surface area contributed by atoms with Crippen molar-refractivity contribution in [1.82, 2.24) is 4.90 Å². The Bertz CT molecular complexity index is 540. The fourth-order valence-electron chi connectivity index (χ4n) is 3.84. The van der Waals surface area contributed by atoms with Gasteiger partial charge in [0.15, 0.2) is 0 Å². The zero-order valence-corrected chi connectivity index (χ0v) is 11.9. The topological polar surface area (TPSA) is 58.7 Å². The number of amides is 2. The molecule has 1 fully saturated rings. The van der Waals surface area contributed by atoms with Crippen molar-refractivity contribution < 1.29 is 4.79 Å². The summed E-state index contributed by atoms with van der Waals surface area (Å²) in [5.74, 6) is 0.962. The van der Waals surface area contributed by atoms with E-state index in [4.69, 9.17) is 5.73 Å². The van der Waals surface area contributed by atoms with Gasteiger partial charge in [-0.15, -0.1) is 0 Å². The fourth-order valence-corrected chi connectivity index (χ4v) is 3.84. The van der Waals surface area contributed by atoms with E-state index in [1.54, 1.807) is 0 Å². The molecule has 1 aliphatic heterocycles. The lowest BCUT2D eigenvalue weighted by Crippen LogP contribution is -2.56. The van der Waals surface area contributed by atoms with Crippen LogP contribution in [0.4, 0.5) is 4.79 Å². The number of rotatable bonds is 3. The Hall–Kier alpha value is -1.84. The molecule has 2 amide bonds. The van der Waals surface area contributed by atoms with E-state index in [2.05, 4.69) is 11.9 Å². The minimum atomic E-state index is -0.332. The lowest BCUT2D eigenvalue weighted by atomic mass is 9.83. The predicted octanol–water partition coefficient (Wildman–Crippen LogP) is 2.93. The van der Waals surface area contributed by atoms with E-state index in [1.807, 2.05) is 35.2 Å². The highest BCUT2D eigenvalue weighted by Gasteiger charge is 2.54. The van der Waals surface area contributed by atoms with Gasteiger partial charge in [0, 0.05) is 6.54 Å². The first-order valence-electron chi connectivity index (χ1n) is 7.38. The molecule has 0 radical (unpaired) electrons. The molecule has 1 aromatic rings. The van der Waals surface area contributed by atoms with Crippen LogP contribution in [-0.4, -0.2) is 22.3 Å². The third kappa shape index (κ3) is 1.82. The molecular weight excluding hydrogens is 250 g/mol.